The molecule has 32 heavy (non-hydrogen) atoms. The van der Waals surface area contributed by atoms with Gasteiger partial charge in [0.25, 0.3) is 5.91 Å². The molecular weight excluding hydrogens is 444 g/mol. The predicted molar refractivity (Wildman–Crippen MR) is 125 cm³/mol. The van der Waals surface area contributed by atoms with Gasteiger partial charge in [-0.1, -0.05) is 30.3 Å². The second kappa shape index (κ2) is 7.92. The Balaban J connectivity index is 1.49. The summed E-state index contributed by atoms with van der Waals surface area (Å²) in [6, 6.07) is 17.2. The number of carbonyl (C=O) groups is 1. The van der Waals surface area contributed by atoms with Crippen LogP contribution >= 0.6 is 11.3 Å². The van der Waals surface area contributed by atoms with Crippen LogP contribution in [0.25, 0.3) is 16.4 Å². The van der Waals surface area contributed by atoms with E-state index < -0.39 is 15.7 Å². The Morgan fingerprint density at radius 2 is 1.97 bits per heavy atom. The van der Waals surface area contributed by atoms with E-state index in [4.69, 9.17) is 0 Å². The molecule has 4 heterocycles. The van der Waals surface area contributed by atoms with E-state index in [2.05, 4.69) is 27.4 Å². The molecule has 162 valence electrons. The third kappa shape index (κ3) is 3.59. The molecule has 1 unspecified atom stereocenters. The average Bonchev–Trinajstić information content (AvgIpc) is 3.52. The van der Waals surface area contributed by atoms with Crippen LogP contribution in [0.3, 0.4) is 0 Å². The van der Waals surface area contributed by atoms with Crippen LogP contribution in [0, 0.1) is 0 Å². The summed E-state index contributed by atoms with van der Waals surface area (Å²) in [6.07, 6.45) is 4.66. The van der Waals surface area contributed by atoms with Crippen molar-refractivity contribution in [2.45, 2.75) is 11.1 Å². The lowest BCUT2D eigenvalue weighted by Crippen LogP contribution is -2.29. The van der Waals surface area contributed by atoms with Gasteiger partial charge in [0.05, 0.1) is 5.52 Å². The van der Waals surface area contributed by atoms with Crippen molar-refractivity contribution in [2.75, 3.05) is 12.8 Å². The fourth-order valence-corrected chi connectivity index (χ4v) is 5.57. The lowest BCUT2D eigenvalue weighted by atomic mass is 9.96. The number of amides is 1. The molecule has 4 aromatic heterocycles. The van der Waals surface area contributed by atoms with Crippen molar-refractivity contribution >= 4 is 43.5 Å². The topological polar surface area (TPSA) is 96.3 Å². The Hall–Kier alpha value is -3.43. The molecule has 0 aliphatic heterocycles. The van der Waals surface area contributed by atoms with E-state index in [0.717, 1.165) is 27.6 Å². The van der Waals surface area contributed by atoms with Crippen LogP contribution in [0.1, 0.15) is 26.8 Å². The van der Waals surface area contributed by atoms with E-state index in [1.54, 1.807) is 35.7 Å². The zero-order valence-corrected chi connectivity index (χ0v) is 18.8. The third-order valence-corrected chi connectivity index (χ3v) is 7.35. The Morgan fingerprint density at radius 3 is 2.75 bits per heavy atom. The fraction of sp³-hybridized carbons (Fsp3) is 0.130. The smallest absolute Gasteiger partial charge is 0.272 e. The van der Waals surface area contributed by atoms with Crippen LogP contribution in [-0.2, 0) is 9.84 Å². The molecule has 2 N–H and O–H groups in total. The molecule has 0 radical (unpaired) electrons. The van der Waals surface area contributed by atoms with Crippen molar-refractivity contribution in [3.8, 4) is 0 Å². The highest BCUT2D eigenvalue weighted by molar-refractivity contribution is 7.90. The van der Waals surface area contributed by atoms with E-state index in [9.17, 15) is 13.2 Å². The SMILES string of the molecule is CS(=O)(=O)c1nc(C(=O)NCC(c2cccs2)c2c[nH]c3ccccc23)c2ccccn12. The first-order valence-corrected chi connectivity index (χ1v) is 12.8. The number of aromatic nitrogens is 3. The molecule has 7 nitrogen and oxygen atoms in total. The van der Waals surface area contributed by atoms with Crippen molar-refractivity contribution < 1.29 is 13.2 Å². The molecule has 1 amide bonds. The van der Waals surface area contributed by atoms with Gasteiger partial charge in [0.15, 0.2) is 5.69 Å². The predicted octanol–water partition coefficient (Wildman–Crippen LogP) is 3.84. The van der Waals surface area contributed by atoms with Gasteiger partial charge in [-0.05, 0) is 35.2 Å². The number of benzene rings is 1. The Labute approximate surface area is 188 Å². The summed E-state index contributed by atoms with van der Waals surface area (Å²) in [6.45, 7) is 0.348. The van der Waals surface area contributed by atoms with Crippen molar-refractivity contribution in [2.24, 2.45) is 0 Å². The molecule has 0 bridgehead atoms. The van der Waals surface area contributed by atoms with Gasteiger partial charge >= 0.3 is 0 Å². The summed E-state index contributed by atoms with van der Waals surface area (Å²) >= 11 is 1.63. The number of carbonyl (C=O) groups excluding carboxylic acids is 1. The van der Waals surface area contributed by atoms with Crippen LogP contribution in [0.2, 0.25) is 0 Å². The van der Waals surface area contributed by atoms with Crippen LogP contribution in [0.15, 0.2) is 77.5 Å². The molecule has 5 rings (SSSR count). The summed E-state index contributed by atoms with van der Waals surface area (Å²) in [7, 11) is -3.60. The third-order valence-electron chi connectivity index (χ3n) is 5.41. The first-order valence-electron chi connectivity index (χ1n) is 9.98. The number of fused-ring (bicyclic) bond motifs is 2. The molecule has 0 spiro atoms. The minimum absolute atomic E-state index is 0.0571. The van der Waals surface area contributed by atoms with E-state index in [1.807, 2.05) is 35.8 Å². The normalized spacial score (nSPS) is 12.9. The fourth-order valence-electron chi connectivity index (χ4n) is 3.95. The molecule has 9 heteroatoms. The number of para-hydroxylation sites is 1. The van der Waals surface area contributed by atoms with E-state index in [0.29, 0.717) is 12.1 Å². The number of hydrogen-bond donors (Lipinski definition) is 2. The van der Waals surface area contributed by atoms with Crippen LogP contribution in [-0.4, -0.2) is 41.5 Å². The summed E-state index contributed by atoms with van der Waals surface area (Å²) < 4.78 is 25.8. The number of thiophene rings is 1. The quantitative estimate of drug-likeness (QED) is 0.399. The van der Waals surface area contributed by atoms with Crippen LogP contribution < -0.4 is 5.32 Å². The molecule has 0 fully saturated rings. The van der Waals surface area contributed by atoms with Crippen molar-refractivity contribution in [3.05, 3.63) is 88.5 Å². The molecule has 5 aromatic rings. The van der Waals surface area contributed by atoms with E-state index in [1.165, 1.54) is 4.40 Å². The highest BCUT2D eigenvalue weighted by Crippen LogP contribution is 2.33. The minimum atomic E-state index is -3.60. The number of imidazole rings is 1. The largest absolute Gasteiger partial charge is 0.361 e. The van der Waals surface area contributed by atoms with Crippen LogP contribution in [0.4, 0.5) is 0 Å². The lowest BCUT2D eigenvalue weighted by Gasteiger charge is -2.16. The van der Waals surface area contributed by atoms with Crippen molar-refractivity contribution in [3.63, 3.8) is 0 Å². The Bertz CT molecular complexity index is 1530. The number of aromatic amines is 1. The van der Waals surface area contributed by atoms with E-state index >= 15 is 0 Å². The van der Waals surface area contributed by atoms with Crippen molar-refractivity contribution in [1.82, 2.24) is 19.7 Å². The second-order valence-corrected chi connectivity index (χ2v) is 10.4. The maximum absolute atomic E-state index is 13.1. The molecule has 0 aliphatic carbocycles. The van der Waals surface area contributed by atoms with Gasteiger partial charge in [-0.25, -0.2) is 13.4 Å². The van der Waals surface area contributed by atoms with Gasteiger partial charge < -0.3 is 10.3 Å². The van der Waals surface area contributed by atoms with Gasteiger partial charge in [-0.3, -0.25) is 9.20 Å². The van der Waals surface area contributed by atoms with Gasteiger partial charge in [-0.15, -0.1) is 11.3 Å². The van der Waals surface area contributed by atoms with E-state index in [-0.39, 0.29) is 16.8 Å². The molecule has 0 aliphatic rings. The average molecular weight is 465 g/mol. The second-order valence-electron chi connectivity index (χ2n) is 7.54. The molecule has 0 saturated heterocycles. The molecule has 1 aromatic carbocycles. The maximum Gasteiger partial charge on any atom is 0.272 e. The lowest BCUT2D eigenvalue weighted by molar-refractivity contribution is 0.0949. The van der Waals surface area contributed by atoms with Gasteiger partial charge in [-0.2, -0.15) is 0 Å². The van der Waals surface area contributed by atoms with Gasteiger partial charge in [0.1, 0.15) is 0 Å². The summed E-state index contributed by atoms with van der Waals surface area (Å²) in [5, 5.41) is 5.95. The van der Waals surface area contributed by atoms with Gasteiger partial charge in [0.2, 0.25) is 15.0 Å². The molecule has 1 atom stereocenters. The summed E-state index contributed by atoms with van der Waals surface area (Å²) in [4.78, 5) is 21.7. The zero-order valence-electron chi connectivity index (χ0n) is 17.1. The van der Waals surface area contributed by atoms with Gasteiger partial charge in [0, 0.05) is 46.9 Å². The number of sulfone groups is 1. The highest BCUT2D eigenvalue weighted by atomic mass is 32.2. The number of H-pyrrole nitrogens is 1. The van der Waals surface area contributed by atoms with Crippen molar-refractivity contribution in [1.29, 1.82) is 0 Å². The maximum atomic E-state index is 13.1. The summed E-state index contributed by atoms with van der Waals surface area (Å²) in [5.74, 6) is -0.469. The molecular formula is C23H20N4O3S2. The number of pyridine rings is 1. The first-order chi connectivity index (χ1) is 15.4. The Morgan fingerprint density at radius 1 is 1.16 bits per heavy atom. The highest BCUT2D eigenvalue weighted by Gasteiger charge is 2.25. The van der Waals surface area contributed by atoms with Crippen LogP contribution in [0.5, 0.6) is 0 Å². The monoisotopic (exact) mass is 464 g/mol. The number of rotatable bonds is 6. The zero-order chi connectivity index (χ0) is 22.3. The number of hydrogen-bond acceptors (Lipinski definition) is 5. The number of nitrogens with one attached hydrogen (secondary N) is 2. The number of nitrogens with zero attached hydrogens (tertiary/aromatic N) is 2. The Kier molecular flexibility index (Phi) is 5.07. The standard InChI is InChI=1S/C23H20N4O3S2/c1-32(29,30)23-26-21(19-9-4-5-11-27(19)23)22(28)25-14-17(20-10-6-12-31-20)16-13-24-18-8-3-2-7-15(16)18/h2-13,17,24H,14H2,1H3,(H,25,28). The minimum Gasteiger partial charge on any atom is -0.361 e. The first kappa shape index (κ1) is 20.5. The molecule has 0 saturated carbocycles. The summed E-state index contributed by atoms with van der Waals surface area (Å²) in [5.41, 5.74) is 2.67.